The minimum Gasteiger partial charge on any atom is -0.348 e. The Bertz CT molecular complexity index is 183. The van der Waals surface area contributed by atoms with Crippen LogP contribution >= 0.6 is 23.7 Å². The van der Waals surface area contributed by atoms with Crippen LogP contribution in [0.15, 0.2) is 0 Å². The molecule has 1 atom stereocenters. The van der Waals surface area contributed by atoms with Crippen molar-refractivity contribution in [2.24, 2.45) is 5.92 Å². The first-order chi connectivity index (χ1) is 6.10. The lowest BCUT2D eigenvalue weighted by Gasteiger charge is -2.06. The molecule has 0 amide bonds. The molecule has 0 radical (unpaired) electrons. The van der Waals surface area contributed by atoms with Crippen molar-refractivity contribution in [3.05, 3.63) is 0 Å². The van der Waals surface area contributed by atoms with Gasteiger partial charge in [0.25, 0.3) is 0 Å². The number of hydrogen-bond acceptors (Lipinski definition) is 4. The molecule has 6 heteroatoms. The van der Waals surface area contributed by atoms with Crippen LogP contribution in [0.5, 0.6) is 0 Å². The summed E-state index contributed by atoms with van der Waals surface area (Å²) < 4.78 is 7.87. The molecule has 0 saturated heterocycles. The van der Waals surface area contributed by atoms with E-state index in [1.165, 1.54) is 0 Å². The van der Waals surface area contributed by atoms with Crippen LogP contribution in [0.4, 0.5) is 0 Å². The van der Waals surface area contributed by atoms with Gasteiger partial charge >= 0.3 is 11.9 Å². The lowest BCUT2D eigenvalue weighted by atomic mass is 10.0. The highest BCUT2D eigenvalue weighted by atomic mass is 35.5. The fourth-order valence-corrected chi connectivity index (χ4v) is 0.961. The summed E-state index contributed by atoms with van der Waals surface area (Å²) in [5.41, 5.74) is 0. The van der Waals surface area contributed by atoms with Gasteiger partial charge in [0.2, 0.25) is 0 Å². The molecular formula is C7H10Cl2O4. The Morgan fingerprint density at radius 3 is 2.23 bits per heavy atom. The van der Waals surface area contributed by atoms with E-state index < -0.39 is 11.9 Å². The van der Waals surface area contributed by atoms with E-state index in [2.05, 4.69) is 8.58 Å². The second kappa shape index (κ2) is 6.97. The first-order valence-electron chi connectivity index (χ1n) is 3.73. The van der Waals surface area contributed by atoms with Crippen LogP contribution in [0.2, 0.25) is 0 Å². The third-order valence-corrected chi connectivity index (χ3v) is 1.87. The van der Waals surface area contributed by atoms with Crippen molar-refractivity contribution in [1.82, 2.24) is 0 Å². The minimum atomic E-state index is -0.507. The van der Waals surface area contributed by atoms with Crippen LogP contribution in [-0.2, 0) is 18.2 Å². The second-order valence-electron chi connectivity index (χ2n) is 2.75. The van der Waals surface area contributed by atoms with Crippen molar-refractivity contribution in [2.45, 2.75) is 26.2 Å². The smallest absolute Gasteiger partial charge is 0.325 e. The van der Waals surface area contributed by atoms with Gasteiger partial charge in [0.1, 0.15) is 23.7 Å². The molecule has 0 aliphatic carbocycles. The maximum Gasteiger partial charge on any atom is 0.325 e. The minimum absolute atomic E-state index is 0.0158. The molecule has 0 fully saturated rings. The number of carbonyl (C=O) groups is 2. The summed E-state index contributed by atoms with van der Waals surface area (Å²) in [5.74, 6) is -0.997. The molecule has 76 valence electrons. The van der Waals surface area contributed by atoms with Gasteiger partial charge in [0, 0.05) is 12.8 Å². The zero-order valence-electron chi connectivity index (χ0n) is 7.09. The maximum absolute atomic E-state index is 10.6. The Morgan fingerprint density at radius 1 is 1.23 bits per heavy atom. The number of halogens is 2. The van der Waals surface area contributed by atoms with E-state index in [-0.39, 0.29) is 18.8 Å². The van der Waals surface area contributed by atoms with Crippen LogP contribution in [-0.4, -0.2) is 11.9 Å². The molecular weight excluding hydrogens is 219 g/mol. The molecule has 0 aromatic carbocycles. The van der Waals surface area contributed by atoms with Gasteiger partial charge in [0.15, 0.2) is 0 Å². The van der Waals surface area contributed by atoms with Gasteiger partial charge in [0.05, 0.1) is 0 Å². The van der Waals surface area contributed by atoms with Crippen molar-refractivity contribution in [1.29, 1.82) is 0 Å². The molecule has 0 heterocycles. The van der Waals surface area contributed by atoms with Gasteiger partial charge in [-0.05, 0) is 12.3 Å². The van der Waals surface area contributed by atoms with Gasteiger partial charge < -0.3 is 8.58 Å². The van der Waals surface area contributed by atoms with Gasteiger partial charge in [-0.25, -0.2) is 0 Å². The maximum atomic E-state index is 10.6. The molecule has 0 bridgehead atoms. The first kappa shape index (κ1) is 12.5. The standard InChI is InChI=1S/C7H10Cl2O4/c1-5(4-7(11)13-9)2-3-6(10)12-8/h5H,2-4H2,1H3. The van der Waals surface area contributed by atoms with Crippen molar-refractivity contribution >= 4 is 35.7 Å². The van der Waals surface area contributed by atoms with Gasteiger partial charge in [-0.15, -0.1) is 0 Å². The van der Waals surface area contributed by atoms with E-state index in [0.717, 1.165) is 0 Å². The molecule has 0 aliphatic heterocycles. The predicted octanol–water partition coefficient (Wildman–Crippen LogP) is 2.19. The third kappa shape index (κ3) is 6.66. The Labute approximate surface area is 86.4 Å². The van der Waals surface area contributed by atoms with Crippen LogP contribution in [0.3, 0.4) is 0 Å². The van der Waals surface area contributed by atoms with Crippen LogP contribution < -0.4 is 0 Å². The highest BCUT2D eigenvalue weighted by molar-refractivity contribution is 6.13. The van der Waals surface area contributed by atoms with Crippen molar-refractivity contribution in [3.63, 3.8) is 0 Å². The summed E-state index contributed by atoms with van der Waals surface area (Å²) in [6.07, 6.45) is 0.872. The molecule has 1 unspecified atom stereocenters. The highest BCUT2D eigenvalue weighted by Gasteiger charge is 2.12. The lowest BCUT2D eigenvalue weighted by Crippen LogP contribution is -2.07. The molecule has 0 aromatic rings. The van der Waals surface area contributed by atoms with E-state index >= 15 is 0 Å². The summed E-state index contributed by atoms with van der Waals surface area (Å²) in [4.78, 5) is 21.2. The fraction of sp³-hybridized carbons (Fsp3) is 0.714. The average molecular weight is 229 g/mol. The van der Waals surface area contributed by atoms with Crippen molar-refractivity contribution in [3.8, 4) is 0 Å². The zero-order valence-corrected chi connectivity index (χ0v) is 8.60. The normalized spacial score (nSPS) is 11.9. The summed E-state index contributed by atoms with van der Waals surface area (Å²) in [7, 11) is 0. The monoisotopic (exact) mass is 228 g/mol. The Hall–Kier alpha value is -0.480. The fourth-order valence-electron chi connectivity index (χ4n) is 0.821. The molecule has 0 aromatic heterocycles. The highest BCUT2D eigenvalue weighted by Crippen LogP contribution is 2.12. The topological polar surface area (TPSA) is 52.6 Å². The SMILES string of the molecule is CC(CCC(=O)OCl)CC(=O)OCl. The predicted molar refractivity (Wildman–Crippen MR) is 46.9 cm³/mol. The van der Waals surface area contributed by atoms with E-state index in [0.29, 0.717) is 6.42 Å². The van der Waals surface area contributed by atoms with Crippen LogP contribution in [0.25, 0.3) is 0 Å². The summed E-state index contributed by atoms with van der Waals surface area (Å²) in [5, 5.41) is 0. The van der Waals surface area contributed by atoms with Gasteiger partial charge in [-0.3, -0.25) is 9.59 Å². The summed E-state index contributed by atoms with van der Waals surface area (Å²) >= 11 is 9.63. The molecule has 13 heavy (non-hydrogen) atoms. The van der Waals surface area contributed by atoms with Crippen molar-refractivity contribution in [2.75, 3.05) is 0 Å². The largest absolute Gasteiger partial charge is 0.348 e. The van der Waals surface area contributed by atoms with E-state index in [1.54, 1.807) is 6.92 Å². The van der Waals surface area contributed by atoms with Crippen molar-refractivity contribution < 1.29 is 18.2 Å². The lowest BCUT2D eigenvalue weighted by molar-refractivity contribution is -0.137. The molecule has 0 saturated carbocycles. The number of rotatable bonds is 5. The molecule has 0 aliphatic rings. The first-order valence-corrected chi connectivity index (χ1v) is 4.34. The average Bonchev–Trinajstić information content (AvgIpc) is 2.13. The van der Waals surface area contributed by atoms with E-state index in [4.69, 9.17) is 23.7 Å². The van der Waals surface area contributed by atoms with Gasteiger partial charge in [-0.1, -0.05) is 6.92 Å². The van der Waals surface area contributed by atoms with Gasteiger partial charge in [-0.2, -0.15) is 0 Å². The number of carbonyl (C=O) groups excluding carboxylic acids is 2. The zero-order chi connectivity index (χ0) is 10.3. The Balaban J connectivity index is 3.56. The molecule has 0 spiro atoms. The third-order valence-electron chi connectivity index (χ3n) is 1.53. The van der Waals surface area contributed by atoms with E-state index in [1.807, 2.05) is 0 Å². The quantitative estimate of drug-likeness (QED) is 0.724. The second-order valence-corrected chi connectivity index (χ2v) is 3.05. The Kier molecular flexibility index (Phi) is 6.72. The molecule has 4 nitrogen and oxygen atoms in total. The molecule has 0 N–H and O–H groups in total. The summed E-state index contributed by atoms with van der Waals surface area (Å²) in [6, 6.07) is 0. The summed E-state index contributed by atoms with van der Waals surface area (Å²) in [6.45, 7) is 1.80. The van der Waals surface area contributed by atoms with E-state index in [9.17, 15) is 9.59 Å². The number of hydrogen-bond donors (Lipinski definition) is 0. The van der Waals surface area contributed by atoms with Crippen LogP contribution in [0.1, 0.15) is 26.2 Å². The Morgan fingerprint density at radius 2 is 1.77 bits per heavy atom. The molecule has 0 rings (SSSR count). The van der Waals surface area contributed by atoms with Crippen LogP contribution in [0, 0.1) is 5.92 Å².